The first kappa shape index (κ1) is 19.3. The molecule has 11 heteroatoms. The van der Waals surface area contributed by atoms with Gasteiger partial charge in [-0.1, -0.05) is 35.2 Å². The fraction of sp³-hybridized carbons (Fsp3) is 0.357. The number of carbonyl (C=O) groups excluding carboxylic acids is 1. The summed E-state index contributed by atoms with van der Waals surface area (Å²) in [4.78, 5) is 11.4. The van der Waals surface area contributed by atoms with Crippen molar-refractivity contribution in [2.75, 3.05) is 24.2 Å². The smallest absolute Gasteiger partial charge is 0.405 e. The number of carbonyl (C=O) groups is 1. The Kier molecular flexibility index (Phi) is 6.88. The van der Waals surface area contributed by atoms with E-state index in [1.54, 1.807) is 5.32 Å². The molecule has 2 aromatic rings. The normalized spacial score (nSPS) is 11.2. The molecule has 0 bridgehead atoms. The molecule has 0 spiro atoms. The maximum Gasteiger partial charge on any atom is 0.405 e. The van der Waals surface area contributed by atoms with Gasteiger partial charge < -0.3 is 15.4 Å². The summed E-state index contributed by atoms with van der Waals surface area (Å²) in [5.41, 5.74) is 0.722. The van der Waals surface area contributed by atoms with Crippen LogP contribution in [0.4, 0.5) is 24.0 Å². The van der Waals surface area contributed by atoms with Crippen molar-refractivity contribution < 1.29 is 22.7 Å². The minimum absolute atomic E-state index is 0.166. The zero-order valence-electron chi connectivity index (χ0n) is 13.1. The van der Waals surface area contributed by atoms with Crippen LogP contribution >= 0.6 is 23.1 Å². The summed E-state index contributed by atoms with van der Waals surface area (Å²) in [5, 5.41) is 13.2. The molecule has 1 aromatic heterocycles. The third kappa shape index (κ3) is 6.78. The van der Waals surface area contributed by atoms with Crippen molar-refractivity contribution in [1.82, 2.24) is 15.5 Å². The Labute approximate surface area is 150 Å². The first-order chi connectivity index (χ1) is 11.9. The standard InChI is InChI=1S/C14H15F3N4O2S2/c1-2-23-10-6-4-3-5-9(10)19-12-20-21-13(25-12)24-7-11(22)18-8-14(15,16)17/h3-6H,2,7-8H2,1H3,(H,18,22)(H,19,20). The molecular weight excluding hydrogens is 377 g/mol. The average Bonchev–Trinajstić information content (AvgIpc) is 3.00. The van der Waals surface area contributed by atoms with E-state index in [0.29, 0.717) is 21.8 Å². The number of thioether (sulfide) groups is 1. The van der Waals surface area contributed by atoms with Crippen molar-refractivity contribution in [3.05, 3.63) is 24.3 Å². The lowest BCUT2D eigenvalue weighted by Gasteiger charge is -2.09. The maximum atomic E-state index is 12.0. The minimum atomic E-state index is -4.42. The van der Waals surface area contributed by atoms with E-state index in [1.807, 2.05) is 31.2 Å². The van der Waals surface area contributed by atoms with Gasteiger partial charge in [0.2, 0.25) is 11.0 Å². The first-order valence-electron chi connectivity index (χ1n) is 7.16. The third-order valence-corrected chi connectivity index (χ3v) is 4.62. The number of benzene rings is 1. The Balaban J connectivity index is 1.87. The molecule has 2 N–H and O–H groups in total. The number of alkyl halides is 3. The number of para-hydroxylation sites is 2. The zero-order valence-corrected chi connectivity index (χ0v) is 14.7. The van der Waals surface area contributed by atoms with E-state index in [4.69, 9.17) is 4.74 Å². The summed E-state index contributed by atoms with van der Waals surface area (Å²) in [6, 6.07) is 7.32. The molecule has 0 radical (unpaired) electrons. The van der Waals surface area contributed by atoms with Gasteiger partial charge in [-0.3, -0.25) is 4.79 Å². The Morgan fingerprint density at radius 2 is 2.08 bits per heavy atom. The summed E-state index contributed by atoms with van der Waals surface area (Å²) in [7, 11) is 0. The predicted octanol–water partition coefficient (Wildman–Crippen LogP) is 3.45. The molecule has 1 amide bonds. The molecule has 0 aliphatic carbocycles. The number of hydrogen-bond acceptors (Lipinski definition) is 7. The number of halogens is 3. The first-order valence-corrected chi connectivity index (χ1v) is 8.96. The lowest BCUT2D eigenvalue weighted by atomic mass is 10.3. The van der Waals surface area contributed by atoms with E-state index in [-0.39, 0.29) is 5.75 Å². The van der Waals surface area contributed by atoms with Crippen LogP contribution in [-0.4, -0.2) is 41.2 Å². The largest absolute Gasteiger partial charge is 0.492 e. The monoisotopic (exact) mass is 392 g/mol. The molecule has 0 saturated carbocycles. The number of hydrogen-bond donors (Lipinski definition) is 2. The van der Waals surface area contributed by atoms with Crippen LogP contribution in [0.5, 0.6) is 5.75 Å². The zero-order chi connectivity index (χ0) is 18.3. The maximum absolute atomic E-state index is 12.0. The molecule has 1 heterocycles. The van der Waals surface area contributed by atoms with Crippen molar-refractivity contribution in [2.24, 2.45) is 0 Å². The van der Waals surface area contributed by atoms with Crippen LogP contribution in [0.15, 0.2) is 28.6 Å². The van der Waals surface area contributed by atoms with Crippen LogP contribution in [0.2, 0.25) is 0 Å². The number of amides is 1. The lowest BCUT2D eigenvalue weighted by Crippen LogP contribution is -2.34. The molecular formula is C14H15F3N4O2S2. The van der Waals surface area contributed by atoms with Crippen LogP contribution in [0.1, 0.15) is 6.92 Å². The second-order valence-electron chi connectivity index (χ2n) is 4.61. The fourth-order valence-electron chi connectivity index (χ4n) is 1.66. The van der Waals surface area contributed by atoms with Gasteiger partial charge in [0.15, 0.2) is 4.34 Å². The van der Waals surface area contributed by atoms with Crippen molar-refractivity contribution in [2.45, 2.75) is 17.4 Å². The van der Waals surface area contributed by atoms with Crippen molar-refractivity contribution in [1.29, 1.82) is 0 Å². The minimum Gasteiger partial charge on any atom is -0.492 e. The average molecular weight is 392 g/mol. The van der Waals surface area contributed by atoms with Gasteiger partial charge >= 0.3 is 6.18 Å². The predicted molar refractivity (Wildman–Crippen MR) is 90.6 cm³/mol. The Hall–Kier alpha value is -2.01. The molecule has 0 unspecified atom stereocenters. The Morgan fingerprint density at radius 3 is 2.80 bits per heavy atom. The fourth-order valence-corrected chi connectivity index (χ4v) is 3.26. The lowest BCUT2D eigenvalue weighted by molar-refractivity contribution is -0.136. The second-order valence-corrected chi connectivity index (χ2v) is 6.81. The summed E-state index contributed by atoms with van der Waals surface area (Å²) < 4.78 is 42.0. The van der Waals surface area contributed by atoms with Crippen molar-refractivity contribution >= 4 is 39.8 Å². The van der Waals surface area contributed by atoms with E-state index >= 15 is 0 Å². The second kappa shape index (κ2) is 8.90. The van der Waals surface area contributed by atoms with Crippen molar-refractivity contribution in [3.63, 3.8) is 0 Å². The molecule has 0 aliphatic heterocycles. The molecule has 0 aliphatic rings. The van der Waals surface area contributed by atoms with E-state index in [9.17, 15) is 18.0 Å². The van der Waals surface area contributed by atoms with Gasteiger partial charge in [-0.05, 0) is 19.1 Å². The highest BCUT2D eigenvalue weighted by atomic mass is 32.2. The van der Waals surface area contributed by atoms with Gasteiger partial charge in [-0.25, -0.2) is 0 Å². The summed E-state index contributed by atoms with van der Waals surface area (Å²) in [5.74, 6) is -0.213. The SMILES string of the molecule is CCOc1ccccc1Nc1nnc(SCC(=O)NCC(F)(F)F)s1. The van der Waals surface area contributed by atoms with Gasteiger partial charge in [0.1, 0.15) is 12.3 Å². The molecule has 6 nitrogen and oxygen atoms in total. The summed E-state index contributed by atoms with van der Waals surface area (Å²) >= 11 is 2.21. The topological polar surface area (TPSA) is 76.1 Å². The van der Waals surface area contributed by atoms with E-state index in [0.717, 1.165) is 17.4 Å². The van der Waals surface area contributed by atoms with Crippen molar-refractivity contribution in [3.8, 4) is 5.75 Å². The molecule has 136 valence electrons. The number of rotatable bonds is 8. The Bertz CT molecular complexity index is 709. The van der Waals surface area contributed by atoms with Crippen LogP contribution in [0, 0.1) is 0 Å². The van der Waals surface area contributed by atoms with E-state index in [1.165, 1.54) is 11.3 Å². The summed E-state index contributed by atoms with van der Waals surface area (Å²) in [6.07, 6.45) is -4.42. The van der Waals surface area contributed by atoms with Gasteiger partial charge in [-0.2, -0.15) is 13.2 Å². The van der Waals surface area contributed by atoms with E-state index in [2.05, 4.69) is 15.5 Å². The molecule has 0 atom stereocenters. The highest BCUT2D eigenvalue weighted by Gasteiger charge is 2.27. The highest BCUT2D eigenvalue weighted by Crippen LogP contribution is 2.31. The molecule has 2 rings (SSSR count). The Morgan fingerprint density at radius 1 is 1.32 bits per heavy atom. The van der Waals surface area contributed by atoms with Gasteiger partial charge in [0.05, 0.1) is 18.0 Å². The van der Waals surface area contributed by atoms with Gasteiger partial charge in [0.25, 0.3) is 0 Å². The quantitative estimate of drug-likeness (QED) is 0.670. The molecule has 0 fully saturated rings. The van der Waals surface area contributed by atoms with Crippen LogP contribution in [-0.2, 0) is 4.79 Å². The number of aromatic nitrogens is 2. The van der Waals surface area contributed by atoms with Crippen LogP contribution in [0.3, 0.4) is 0 Å². The highest BCUT2D eigenvalue weighted by molar-refractivity contribution is 8.01. The van der Waals surface area contributed by atoms with Gasteiger partial charge in [0, 0.05) is 0 Å². The third-order valence-electron chi connectivity index (χ3n) is 2.65. The number of anilines is 2. The van der Waals surface area contributed by atoms with Gasteiger partial charge in [-0.15, -0.1) is 10.2 Å². The molecule has 25 heavy (non-hydrogen) atoms. The number of nitrogens with zero attached hydrogens (tertiary/aromatic N) is 2. The van der Waals surface area contributed by atoms with E-state index < -0.39 is 18.6 Å². The number of ether oxygens (including phenoxy) is 1. The van der Waals surface area contributed by atoms with Crippen LogP contribution < -0.4 is 15.4 Å². The summed E-state index contributed by atoms with van der Waals surface area (Å²) in [6.45, 7) is 1.05. The molecule has 0 saturated heterocycles. The number of nitrogens with one attached hydrogen (secondary N) is 2. The van der Waals surface area contributed by atoms with Crippen LogP contribution in [0.25, 0.3) is 0 Å². The molecule has 1 aromatic carbocycles.